The highest BCUT2D eigenvalue weighted by Gasteiger charge is 2.40. The summed E-state index contributed by atoms with van der Waals surface area (Å²) in [4.78, 5) is 5.21. The van der Waals surface area contributed by atoms with Crippen molar-refractivity contribution in [2.45, 2.75) is 31.2 Å². The summed E-state index contributed by atoms with van der Waals surface area (Å²) in [6.07, 6.45) is 5.05. The average molecular weight is 268 g/mol. The van der Waals surface area contributed by atoms with Gasteiger partial charge in [-0.1, -0.05) is 0 Å². The molecule has 4 nitrogen and oxygen atoms in total. The van der Waals surface area contributed by atoms with Crippen LogP contribution >= 0.6 is 0 Å². The van der Waals surface area contributed by atoms with E-state index in [1.54, 1.807) is 0 Å². The van der Waals surface area contributed by atoms with Crippen LogP contribution in [0.15, 0.2) is 0 Å². The third-order valence-electron chi connectivity index (χ3n) is 5.40. The van der Waals surface area contributed by atoms with Crippen molar-refractivity contribution in [3.05, 3.63) is 0 Å². The predicted molar refractivity (Wildman–Crippen MR) is 75.4 cm³/mol. The molecule has 0 unspecified atom stereocenters. The van der Waals surface area contributed by atoms with E-state index in [1.807, 2.05) is 0 Å². The Morgan fingerprint density at radius 2 is 1.74 bits per heavy atom. The van der Waals surface area contributed by atoms with Gasteiger partial charge in [0.25, 0.3) is 0 Å². The Bertz CT molecular complexity index is 284. The van der Waals surface area contributed by atoms with E-state index in [9.17, 15) is 0 Å². The molecule has 0 atom stereocenters. The van der Waals surface area contributed by atoms with Gasteiger partial charge in [0.15, 0.2) is 0 Å². The van der Waals surface area contributed by atoms with E-state index in [-0.39, 0.29) is 0 Å². The third-order valence-corrected chi connectivity index (χ3v) is 5.40. The highest BCUT2D eigenvalue weighted by molar-refractivity contribution is 4.96. The Hall–Kier alpha value is -0.160. The van der Waals surface area contributed by atoms with Crippen molar-refractivity contribution in [2.24, 2.45) is 5.92 Å². The molecule has 3 heterocycles. The molecule has 110 valence electrons. The molecular weight excluding hydrogens is 240 g/mol. The first-order valence-corrected chi connectivity index (χ1v) is 7.88. The molecule has 0 radical (unpaired) electrons. The topological polar surface area (TPSA) is 24.9 Å². The lowest BCUT2D eigenvalue weighted by atomic mass is 9.85. The highest BCUT2D eigenvalue weighted by atomic mass is 16.5. The summed E-state index contributed by atoms with van der Waals surface area (Å²) < 4.78 is 11.2. The second-order valence-electron chi connectivity index (χ2n) is 6.55. The van der Waals surface area contributed by atoms with Crippen LogP contribution in [0, 0.1) is 5.92 Å². The first kappa shape index (κ1) is 13.8. The quantitative estimate of drug-likeness (QED) is 0.751. The van der Waals surface area contributed by atoms with E-state index in [0.717, 1.165) is 38.9 Å². The first-order valence-electron chi connectivity index (χ1n) is 7.88. The smallest absolute Gasteiger partial charge is 0.0651 e. The van der Waals surface area contributed by atoms with Crippen LogP contribution in [-0.2, 0) is 9.47 Å². The standard InChI is InChI=1S/C15H28N2O2/c1-16-8-11-19-13-15(16)4-6-17(7-5-15)12-14-2-9-18-10-3-14/h14H,2-13H2,1H3. The summed E-state index contributed by atoms with van der Waals surface area (Å²) in [6, 6.07) is 0. The number of nitrogens with zero attached hydrogens (tertiary/aromatic N) is 2. The Labute approximate surface area is 117 Å². The van der Waals surface area contributed by atoms with Crippen molar-refractivity contribution in [1.82, 2.24) is 9.80 Å². The normalized spacial score (nSPS) is 30.8. The van der Waals surface area contributed by atoms with Gasteiger partial charge in [-0.25, -0.2) is 0 Å². The molecule has 3 aliphatic rings. The molecule has 3 saturated heterocycles. The average Bonchev–Trinajstić information content (AvgIpc) is 2.46. The Morgan fingerprint density at radius 1 is 1.00 bits per heavy atom. The van der Waals surface area contributed by atoms with Gasteiger partial charge >= 0.3 is 0 Å². The maximum atomic E-state index is 5.74. The van der Waals surface area contributed by atoms with E-state index in [0.29, 0.717) is 5.54 Å². The minimum absolute atomic E-state index is 0.338. The summed E-state index contributed by atoms with van der Waals surface area (Å²) in [5.74, 6) is 0.864. The Kier molecular flexibility index (Phi) is 4.42. The largest absolute Gasteiger partial charge is 0.381 e. The minimum atomic E-state index is 0.338. The SMILES string of the molecule is CN1CCOCC12CCN(CC1CCOCC1)CC2. The van der Waals surface area contributed by atoms with Crippen LogP contribution in [0.25, 0.3) is 0 Å². The van der Waals surface area contributed by atoms with Gasteiger partial charge < -0.3 is 14.4 Å². The van der Waals surface area contributed by atoms with Crippen LogP contribution in [0.2, 0.25) is 0 Å². The van der Waals surface area contributed by atoms with E-state index in [2.05, 4.69) is 16.8 Å². The lowest BCUT2D eigenvalue weighted by Gasteiger charge is -2.50. The van der Waals surface area contributed by atoms with Gasteiger partial charge in [0, 0.05) is 31.8 Å². The highest BCUT2D eigenvalue weighted by Crippen LogP contribution is 2.31. The lowest BCUT2D eigenvalue weighted by molar-refractivity contribution is -0.0849. The first-order chi connectivity index (χ1) is 9.28. The number of piperidine rings is 1. The zero-order valence-corrected chi connectivity index (χ0v) is 12.3. The van der Waals surface area contributed by atoms with Gasteiger partial charge in [0.2, 0.25) is 0 Å². The summed E-state index contributed by atoms with van der Waals surface area (Å²) in [5, 5.41) is 0. The number of hydrogen-bond donors (Lipinski definition) is 0. The van der Waals surface area contributed by atoms with E-state index < -0.39 is 0 Å². The molecule has 0 aromatic rings. The molecule has 0 aromatic heterocycles. The third kappa shape index (κ3) is 3.13. The fourth-order valence-corrected chi connectivity index (χ4v) is 3.78. The monoisotopic (exact) mass is 268 g/mol. The summed E-state index contributed by atoms with van der Waals surface area (Å²) in [7, 11) is 2.27. The van der Waals surface area contributed by atoms with E-state index >= 15 is 0 Å². The Balaban J connectivity index is 1.48. The van der Waals surface area contributed by atoms with Gasteiger partial charge in [-0.05, 0) is 51.7 Å². The maximum absolute atomic E-state index is 5.74. The Morgan fingerprint density at radius 3 is 2.42 bits per heavy atom. The number of hydrogen-bond acceptors (Lipinski definition) is 4. The zero-order valence-electron chi connectivity index (χ0n) is 12.3. The molecule has 0 saturated carbocycles. The molecule has 4 heteroatoms. The van der Waals surface area contributed by atoms with Crippen molar-refractivity contribution in [3.8, 4) is 0 Å². The van der Waals surface area contributed by atoms with Crippen molar-refractivity contribution in [3.63, 3.8) is 0 Å². The summed E-state index contributed by atoms with van der Waals surface area (Å²) >= 11 is 0. The van der Waals surface area contributed by atoms with Crippen LogP contribution in [0.1, 0.15) is 25.7 Å². The van der Waals surface area contributed by atoms with Crippen LogP contribution in [0.5, 0.6) is 0 Å². The molecule has 0 aromatic carbocycles. The van der Waals surface area contributed by atoms with E-state index in [4.69, 9.17) is 9.47 Å². The number of rotatable bonds is 2. The molecule has 3 fully saturated rings. The van der Waals surface area contributed by atoms with Gasteiger partial charge in [0.1, 0.15) is 0 Å². The maximum Gasteiger partial charge on any atom is 0.0651 e. The van der Waals surface area contributed by atoms with Crippen molar-refractivity contribution in [1.29, 1.82) is 0 Å². The van der Waals surface area contributed by atoms with Gasteiger partial charge in [-0.15, -0.1) is 0 Å². The number of likely N-dealkylation sites (tertiary alicyclic amines) is 1. The van der Waals surface area contributed by atoms with Gasteiger partial charge in [-0.2, -0.15) is 0 Å². The van der Waals surface area contributed by atoms with Crippen LogP contribution in [-0.4, -0.2) is 75.0 Å². The molecule has 0 amide bonds. The van der Waals surface area contributed by atoms with Crippen molar-refractivity contribution >= 4 is 0 Å². The molecule has 19 heavy (non-hydrogen) atoms. The van der Waals surface area contributed by atoms with Crippen molar-refractivity contribution < 1.29 is 9.47 Å². The fraction of sp³-hybridized carbons (Fsp3) is 1.00. The summed E-state index contributed by atoms with van der Waals surface area (Å²) in [5.41, 5.74) is 0.338. The molecule has 0 aliphatic carbocycles. The minimum Gasteiger partial charge on any atom is -0.381 e. The fourth-order valence-electron chi connectivity index (χ4n) is 3.78. The number of morpholine rings is 1. The van der Waals surface area contributed by atoms with Crippen LogP contribution in [0.4, 0.5) is 0 Å². The number of ether oxygens (including phenoxy) is 2. The second kappa shape index (κ2) is 6.08. The van der Waals surface area contributed by atoms with E-state index in [1.165, 1.54) is 45.3 Å². The molecule has 1 spiro atoms. The number of likely N-dealkylation sites (N-methyl/N-ethyl adjacent to an activating group) is 1. The zero-order chi connectivity index (χ0) is 13.1. The molecule has 3 rings (SSSR count). The predicted octanol–water partition coefficient (Wildman–Crippen LogP) is 1.21. The summed E-state index contributed by atoms with van der Waals surface area (Å²) in [6.45, 7) is 8.65. The van der Waals surface area contributed by atoms with Crippen LogP contribution in [0.3, 0.4) is 0 Å². The van der Waals surface area contributed by atoms with Crippen molar-refractivity contribution in [2.75, 3.05) is 59.7 Å². The van der Waals surface area contributed by atoms with Crippen LogP contribution < -0.4 is 0 Å². The van der Waals surface area contributed by atoms with Gasteiger partial charge in [-0.3, -0.25) is 4.90 Å². The second-order valence-corrected chi connectivity index (χ2v) is 6.55. The molecular formula is C15H28N2O2. The van der Waals surface area contributed by atoms with Gasteiger partial charge in [0.05, 0.1) is 13.2 Å². The molecule has 3 aliphatic heterocycles. The molecule has 0 N–H and O–H groups in total. The molecule has 0 bridgehead atoms. The lowest BCUT2D eigenvalue weighted by Crippen LogP contribution is -2.60.